The lowest BCUT2D eigenvalue weighted by Crippen LogP contribution is -2.42. The third kappa shape index (κ3) is 6.05. The number of likely N-dealkylation sites (tertiary alicyclic amines) is 1. The molecule has 1 heterocycles. The average Bonchev–Trinajstić information content (AvgIpc) is 2.83. The summed E-state index contributed by atoms with van der Waals surface area (Å²) in [5.41, 5.74) is 2.33. The third-order valence-electron chi connectivity index (χ3n) is 7.24. The van der Waals surface area contributed by atoms with E-state index in [-0.39, 0.29) is 17.9 Å². The molecule has 0 amide bonds. The first-order chi connectivity index (χ1) is 15.6. The van der Waals surface area contributed by atoms with Crippen LogP contribution in [-0.2, 0) is 11.3 Å². The molecule has 174 valence electrons. The van der Waals surface area contributed by atoms with E-state index < -0.39 is 0 Å². The van der Waals surface area contributed by atoms with Gasteiger partial charge >= 0.3 is 0 Å². The van der Waals surface area contributed by atoms with Gasteiger partial charge in [-0.1, -0.05) is 60.8 Å². The maximum absolute atomic E-state index is 10.8. The first-order valence-electron chi connectivity index (χ1n) is 12.0. The first-order valence-corrected chi connectivity index (χ1v) is 12.4. The van der Waals surface area contributed by atoms with Crippen LogP contribution in [0.25, 0.3) is 0 Å². The van der Waals surface area contributed by atoms with Crippen LogP contribution in [0.5, 0.6) is 5.75 Å². The number of hydrogen-bond donors (Lipinski definition) is 1. The van der Waals surface area contributed by atoms with E-state index in [1.807, 2.05) is 31.4 Å². The number of nitrogens with zero attached hydrogens (tertiary/aromatic N) is 1. The van der Waals surface area contributed by atoms with Crippen LogP contribution in [0.4, 0.5) is 0 Å². The lowest BCUT2D eigenvalue weighted by atomic mass is 9.74. The van der Waals surface area contributed by atoms with Gasteiger partial charge in [0.15, 0.2) is 0 Å². The second-order valence-electron chi connectivity index (χ2n) is 9.32. The van der Waals surface area contributed by atoms with E-state index in [2.05, 4.69) is 29.2 Å². The zero-order valence-electron chi connectivity index (χ0n) is 19.1. The highest BCUT2D eigenvalue weighted by Crippen LogP contribution is 2.39. The molecule has 3 atom stereocenters. The SMILES string of the molecule is COC1CCN(CC(c2ccc(OCc3ccccc3)c(Cl)c2)C2CCCCC2O)CC1. The summed E-state index contributed by atoms with van der Waals surface area (Å²) >= 11 is 6.68. The van der Waals surface area contributed by atoms with Gasteiger partial charge < -0.3 is 19.5 Å². The predicted molar refractivity (Wildman–Crippen MR) is 129 cm³/mol. The fourth-order valence-electron chi connectivity index (χ4n) is 5.30. The molecule has 2 aromatic carbocycles. The van der Waals surface area contributed by atoms with Crippen molar-refractivity contribution in [2.45, 2.75) is 63.3 Å². The van der Waals surface area contributed by atoms with Crippen molar-refractivity contribution in [1.82, 2.24) is 4.90 Å². The predicted octanol–water partition coefficient (Wildman–Crippen LogP) is 5.66. The zero-order chi connectivity index (χ0) is 22.3. The summed E-state index contributed by atoms with van der Waals surface area (Å²) in [6.07, 6.45) is 6.57. The highest BCUT2D eigenvalue weighted by molar-refractivity contribution is 6.32. The van der Waals surface area contributed by atoms with E-state index in [9.17, 15) is 5.11 Å². The molecule has 0 radical (unpaired) electrons. The number of hydrogen-bond acceptors (Lipinski definition) is 4. The van der Waals surface area contributed by atoms with Crippen LogP contribution in [0.3, 0.4) is 0 Å². The molecule has 0 aromatic heterocycles. The summed E-state index contributed by atoms with van der Waals surface area (Å²) in [5.74, 6) is 1.25. The lowest BCUT2D eigenvalue weighted by molar-refractivity contribution is 0.0212. The van der Waals surface area contributed by atoms with Gasteiger partial charge in [0.2, 0.25) is 0 Å². The smallest absolute Gasteiger partial charge is 0.138 e. The minimum atomic E-state index is -0.238. The minimum absolute atomic E-state index is 0.238. The van der Waals surface area contributed by atoms with Crippen molar-refractivity contribution in [3.05, 3.63) is 64.7 Å². The first kappa shape index (κ1) is 23.6. The summed E-state index contributed by atoms with van der Waals surface area (Å²) in [5, 5.41) is 11.5. The standard InChI is InChI=1S/C27H36ClNO3/c1-31-22-13-15-29(16-14-22)18-24(23-9-5-6-10-26(23)30)21-11-12-27(25(28)17-21)32-19-20-7-3-2-4-8-20/h2-4,7-8,11-12,17,22-24,26,30H,5-6,9-10,13-16,18-19H2,1H3. The number of aliphatic hydroxyl groups is 1. The topological polar surface area (TPSA) is 41.9 Å². The molecule has 4 nitrogen and oxygen atoms in total. The van der Waals surface area contributed by atoms with Gasteiger partial charge in [0.05, 0.1) is 17.2 Å². The molecule has 0 spiro atoms. The van der Waals surface area contributed by atoms with Crippen LogP contribution >= 0.6 is 11.6 Å². The van der Waals surface area contributed by atoms with Gasteiger partial charge in [0, 0.05) is 32.7 Å². The van der Waals surface area contributed by atoms with Crippen molar-refractivity contribution in [2.75, 3.05) is 26.7 Å². The molecule has 1 aliphatic carbocycles. The van der Waals surface area contributed by atoms with Gasteiger partial charge in [-0.05, 0) is 54.9 Å². The second kappa shape index (κ2) is 11.5. The molecule has 32 heavy (non-hydrogen) atoms. The number of aliphatic hydroxyl groups excluding tert-OH is 1. The van der Waals surface area contributed by atoms with Crippen LogP contribution in [0.15, 0.2) is 48.5 Å². The highest BCUT2D eigenvalue weighted by Gasteiger charge is 2.34. The summed E-state index contributed by atoms with van der Waals surface area (Å²) in [4.78, 5) is 2.54. The van der Waals surface area contributed by atoms with E-state index in [0.29, 0.717) is 23.5 Å². The molecule has 1 N–H and O–H groups in total. The Hall–Kier alpha value is -1.59. The number of benzene rings is 2. The van der Waals surface area contributed by atoms with E-state index in [0.717, 1.165) is 57.3 Å². The second-order valence-corrected chi connectivity index (χ2v) is 9.73. The monoisotopic (exact) mass is 457 g/mol. The Labute approximate surface area is 197 Å². The van der Waals surface area contributed by atoms with Gasteiger partial charge in [0.1, 0.15) is 12.4 Å². The van der Waals surface area contributed by atoms with Crippen LogP contribution in [0, 0.1) is 5.92 Å². The molecule has 5 heteroatoms. The van der Waals surface area contributed by atoms with Gasteiger partial charge in [-0.3, -0.25) is 0 Å². The molecule has 1 aliphatic heterocycles. The van der Waals surface area contributed by atoms with Gasteiger partial charge in [-0.15, -0.1) is 0 Å². The van der Waals surface area contributed by atoms with Crippen LogP contribution in [-0.4, -0.2) is 49.0 Å². The Balaban J connectivity index is 1.49. The fourth-order valence-corrected chi connectivity index (χ4v) is 5.55. The van der Waals surface area contributed by atoms with E-state index in [1.165, 1.54) is 12.0 Å². The average molecular weight is 458 g/mol. The maximum atomic E-state index is 10.8. The molecule has 0 bridgehead atoms. The molecule has 3 unspecified atom stereocenters. The third-order valence-corrected chi connectivity index (χ3v) is 7.54. The van der Waals surface area contributed by atoms with Crippen LogP contribution in [0.2, 0.25) is 5.02 Å². The molecule has 2 aliphatic rings. The summed E-state index contributed by atoms with van der Waals surface area (Å²) < 4.78 is 11.5. The summed E-state index contributed by atoms with van der Waals surface area (Å²) in [6.45, 7) is 3.55. The number of halogens is 1. The van der Waals surface area contributed by atoms with Crippen molar-refractivity contribution < 1.29 is 14.6 Å². The van der Waals surface area contributed by atoms with Gasteiger partial charge in [-0.2, -0.15) is 0 Å². The van der Waals surface area contributed by atoms with E-state index in [4.69, 9.17) is 21.1 Å². The Morgan fingerprint density at radius 2 is 1.78 bits per heavy atom. The molecule has 1 saturated carbocycles. The Morgan fingerprint density at radius 1 is 1.03 bits per heavy atom. The Morgan fingerprint density at radius 3 is 2.47 bits per heavy atom. The van der Waals surface area contributed by atoms with E-state index >= 15 is 0 Å². The minimum Gasteiger partial charge on any atom is -0.487 e. The summed E-state index contributed by atoms with van der Waals surface area (Å²) in [6, 6.07) is 16.3. The number of methoxy groups -OCH3 is 1. The molecular formula is C27H36ClNO3. The number of piperidine rings is 1. The van der Waals surface area contributed by atoms with Crippen molar-refractivity contribution in [3.8, 4) is 5.75 Å². The van der Waals surface area contributed by atoms with Gasteiger partial charge in [-0.25, -0.2) is 0 Å². The normalized spacial score (nSPS) is 23.7. The van der Waals surface area contributed by atoms with Crippen LogP contribution in [0.1, 0.15) is 55.6 Å². The molecule has 2 fully saturated rings. The molecule has 4 rings (SSSR count). The highest BCUT2D eigenvalue weighted by atomic mass is 35.5. The Kier molecular flexibility index (Phi) is 8.48. The molecular weight excluding hydrogens is 422 g/mol. The largest absolute Gasteiger partial charge is 0.487 e. The van der Waals surface area contributed by atoms with Crippen molar-refractivity contribution >= 4 is 11.6 Å². The van der Waals surface area contributed by atoms with Gasteiger partial charge in [0.25, 0.3) is 0 Å². The quantitative estimate of drug-likeness (QED) is 0.555. The number of rotatable bonds is 8. The lowest BCUT2D eigenvalue weighted by Gasteiger charge is -2.39. The maximum Gasteiger partial charge on any atom is 0.138 e. The van der Waals surface area contributed by atoms with Crippen molar-refractivity contribution in [1.29, 1.82) is 0 Å². The molecule has 2 aromatic rings. The molecule has 1 saturated heterocycles. The summed E-state index contributed by atoms with van der Waals surface area (Å²) in [7, 11) is 1.81. The Bertz CT molecular complexity index is 838. The van der Waals surface area contributed by atoms with Crippen molar-refractivity contribution in [3.63, 3.8) is 0 Å². The fraction of sp³-hybridized carbons (Fsp3) is 0.556. The van der Waals surface area contributed by atoms with Crippen LogP contribution < -0.4 is 4.74 Å². The van der Waals surface area contributed by atoms with Crippen molar-refractivity contribution in [2.24, 2.45) is 5.92 Å². The number of ether oxygens (including phenoxy) is 2. The van der Waals surface area contributed by atoms with E-state index in [1.54, 1.807) is 0 Å². The zero-order valence-corrected chi connectivity index (χ0v) is 19.8.